The van der Waals surface area contributed by atoms with Crippen LogP contribution >= 0.6 is 9.42 Å². The van der Waals surface area contributed by atoms with Gasteiger partial charge in [-0.3, -0.25) is 0 Å². The van der Waals surface area contributed by atoms with Crippen LogP contribution in [0.15, 0.2) is 5.34 Å². The number of hydrogen-bond donors (Lipinski definition) is 0. The van der Waals surface area contributed by atoms with Crippen molar-refractivity contribution in [3.05, 3.63) is 10.1 Å². The predicted octanol–water partition coefficient (Wildman–Crippen LogP) is -2.58. The van der Waals surface area contributed by atoms with E-state index in [1.165, 1.54) is 0 Å². The molecule has 7 nitrogen and oxygen atoms in total. The number of halogens is 1. The molecule has 0 radical (unpaired) electrons. The summed E-state index contributed by atoms with van der Waals surface area (Å²) in [6.07, 6.45) is 0. The molecule has 11 heavy (non-hydrogen) atoms. The van der Waals surface area contributed by atoms with E-state index < -0.39 is 11.9 Å². The van der Waals surface area contributed by atoms with E-state index in [4.69, 9.17) is 29.9 Å². The molecule has 0 saturated heterocycles. The standard InChI is InChI=1S/C2H2O4.ClH.HNO2.Pt/c3-1(4)2(5)6;;2-1-3;/h(H,3,4)(H,5,6);1H;(H,2,3);/q;;;+1/p-4. The molecule has 0 aromatic carbocycles. The molecule has 69 valence electrons. The van der Waals surface area contributed by atoms with E-state index in [1.54, 1.807) is 18.8 Å². The third-order valence-corrected chi connectivity index (χ3v) is 0.167. The zero-order valence-electron chi connectivity index (χ0n) is 4.59. The minimum absolute atomic E-state index is 1.00. The normalized spacial score (nSPS) is 5.73. The number of carboxylic acids is 2. The number of rotatable bonds is 0. The van der Waals surface area contributed by atoms with Crippen molar-refractivity contribution in [1.29, 1.82) is 0 Å². The van der Waals surface area contributed by atoms with E-state index >= 15 is 0 Å². The molecule has 9 heteroatoms. The Morgan fingerprint density at radius 3 is 1.27 bits per heavy atom. The van der Waals surface area contributed by atoms with E-state index in [-0.39, 0.29) is 0 Å². The first kappa shape index (κ1) is 16.7. The number of nitrogens with zero attached hydrogens (tertiary/aromatic N) is 1. The summed E-state index contributed by atoms with van der Waals surface area (Å²) in [6, 6.07) is 0. The molecule has 0 aliphatic rings. The molecule has 0 aromatic heterocycles. The van der Waals surface area contributed by atoms with Crippen LogP contribution in [0.2, 0.25) is 0 Å². The molecule has 0 N–H and O–H groups in total. The monoisotopic (exact) mass is 364 g/mol. The molecular weight excluding hydrogens is 365 g/mol. The Kier molecular flexibility index (Phi) is 24.6. The Hall–Kier alpha value is -0.682. The van der Waals surface area contributed by atoms with Crippen molar-refractivity contribution in [2.75, 3.05) is 0 Å². The maximum atomic E-state index is 8.93. The SMILES string of the molecule is O=C([O-])C(=O)[O-].O=N[O-].[Cl][Pt]. The number of carboxylic acid groups (broad SMARTS) is 2. The van der Waals surface area contributed by atoms with Crippen molar-refractivity contribution in [3.8, 4) is 0 Å². The van der Waals surface area contributed by atoms with Crippen LogP contribution in [0, 0.1) is 10.1 Å². The Morgan fingerprint density at radius 1 is 1.18 bits per heavy atom. The Balaban J connectivity index is -0.000000109. The number of carbonyl (C=O) groups is 2. The van der Waals surface area contributed by atoms with Gasteiger partial charge in [-0.15, -0.1) is 5.34 Å². The van der Waals surface area contributed by atoms with E-state index in [9.17, 15) is 0 Å². The van der Waals surface area contributed by atoms with Gasteiger partial charge in [0.15, 0.2) is 0 Å². The van der Waals surface area contributed by atoms with Crippen molar-refractivity contribution in [3.63, 3.8) is 0 Å². The average molecular weight is 365 g/mol. The van der Waals surface area contributed by atoms with Crippen LogP contribution in [-0.2, 0) is 28.4 Å². The first-order valence-electron chi connectivity index (χ1n) is 1.55. The van der Waals surface area contributed by atoms with Gasteiger partial charge in [0.05, 0.1) is 11.9 Å². The molecule has 0 aromatic rings. The first-order valence-corrected chi connectivity index (χ1v) is 4.37. The van der Waals surface area contributed by atoms with Crippen LogP contribution in [0.3, 0.4) is 0 Å². The van der Waals surface area contributed by atoms with Crippen molar-refractivity contribution < 1.29 is 38.6 Å². The molecule has 0 spiro atoms. The third-order valence-electron chi connectivity index (χ3n) is 0.167. The molecule has 0 rings (SSSR count). The van der Waals surface area contributed by atoms with Gasteiger partial charge in [-0.2, -0.15) is 0 Å². The van der Waals surface area contributed by atoms with Crippen LogP contribution in [0.4, 0.5) is 0 Å². The summed E-state index contributed by atoms with van der Waals surface area (Å²) < 4.78 is 0. The topological polar surface area (TPSA) is 133 Å². The minimum atomic E-state index is -2.19. The third kappa shape index (κ3) is 45.3. The summed E-state index contributed by atoms with van der Waals surface area (Å²) in [6.45, 7) is 0. The van der Waals surface area contributed by atoms with Crippen molar-refractivity contribution in [2.24, 2.45) is 5.34 Å². The number of carbonyl (C=O) groups excluding carboxylic acids is 2. The van der Waals surface area contributed by atoms with Crippen molar-refractivity contribution in [1.82, 2.24) is 0 Å². The summed E-state index contributed by atoms with van der Waals surface area (Å²) in [4.78, 5) is 25.9. The van der Waals surface area contributed by atoms with E-state index in [0.29, 0.717) is 0 Å². The Bertz CT molecular complexity index is 116. The molecule has 0 amide bonds. The summed E-state index contributed by atoms with van der Waals surface area (Å²) in [7, 11) is 4.61. The van der Waals surface area contributed by atoms with Gasteiger partial charge >= 0.3 is 28.2 Å². The van der Waals surface area contributed by atoms with Crippen molar-refractivity contribution >= 4 is 21.4 Å². The Morgan fingerprint density at radius 2 is 1.27 bits per heavy atom. The number of hydrogen-bond acceptors (Lipinski definition) is 7. The zero-order valence-corrected chi connectivity index (χ0v) is 7.62. The van der Waals surface area contributed by atoms with Gasteiger partial charge < -0.3 is 29.9 Å². The van der Waals surface area contributed by atoms with Crippen LogP contribution in [0.25, 0.3) is 0 Å². The number of aliphatic carboxylic acids is 2. The quantitative estimate of drug-likeness (QED) is 0.263. The molecule has 0 aliphatic heterocycles. The summed E-state index contributed by atoms with van der Waals surface area (Å²) >= 11 is 1.61. The second-order valence-electron chi connectivity index (χ2n) is 0.649. The second-order valence-corrected chi connectivity index (χ2v) is 0.649. The zero-order chi connectivity index (χ0) is 9.86. The molecule has 0 aliphatic carbocycles. The van der Waals surface area contributed by atoms with Crippen molar-refractivity contribution in [2.45, 2.75) is 0 Å². The van der Waals surface area contributed by atoms with Crippen LogP contribution < -0.4 is 10.2 Å². The maximum absolute atomic E-state index is 8.93. The fraction of sp³-hybridized carbons (Fsp3) is 0. The summed E-state index contributed by atoms with van der Waals surface area (Å²) in [5, 5.41) is 26.9. The van der Waals surface area contributed by atoms with Crippen LogP contribution in [0.1, 0.15) is 0 Å². The summed E-state index contributed by atoms with van der Waals surface area (Å²) in [5.41, 5.74) is 0. The first-order chi connectivity index (χ1) is 5.06. The summed E-state index contributed by atoms with van der Waals surface area (Å²) in [5.74, 6) is -4.37. The molecular formula is C2ClNO6Pt-3. The van der Waals surface area contributed by atoms with Gasteiger partial charge in [-0.05, 0) is 0 Å². The van der Waals surface area contributed by atoms with Gasteiger partial charge in [-0.1, -0.05) is 0 Å². The van der Waals surface area contributed by atoms with E-state index in [0.717, 1.165) is 5.34 Å². The van der Waals surface area contributed by atoms with Crippen LogP contribution in [0.5, 0.6) is 0 Å². The van der Waals surface area contributed by atoms with Gasteiger partial charge in [0.25, 0.3) is 0 Å². The van der Waals surface area contributed by atoms with Gasteiger partial charge in [0.1, 0.15) is 0 Å². The average Bonchev–Trinajstić information content (AvgIpc) is 1.93. The molecule has 0 unspecified atom stereocenters. The molecule has 0 heterocycles. The van der Waals surface area contributed by atoms with Gasteiger partial charge in [0.2, 0.25) is 0 Å². The van der Waals surface area contributed by atoms with Gasteiger partial charge in [-0.25, -0.2) is 0 Å². The van der Waals surface area contributed by atoms with Gasteiger partial charge in [0, 0.05) is 0 Å². The molecule has 0 saturated carbocycles. The Labute approximate surface area is 75.7 Å². The predicted molar refractivity (Wildman–Crippen MR) is 25.0 cm³/mol. The van der Waals surface area contributed by atoms with E-state index in [2.05, 4.69) is 9.42 Å². The van der Waals surface area contributed by atoms with Crippen LogP contribution in [-0.4, -0.2) is 11.9 Å². The molecule has 0 fully saturated rings. The van der Waals surface area contributed by atoms with E-state index in [1.807, 2.05) is 0 Å². The fourth-order valence-electron chi connectivity index (χ4n) is 0. The molecule has 0 bridgehead atoms. The molecule has 0 atom stereocenters. The second kappa shape index (κ2) is 16.2. The fourth-order valence-corrected chi connectivity index (χ4v) is 0.